The van der Waals surface area contributed by atoms with Gasteiger partial charge < -0.3 is 9.64 Å². The second-order valence-electron chi connectivity index (χ2n) is 7.85. The van der Waals surface area contributed by atoms with E-state index in [1.165, 1.54) is 0 Å². The second kappa shape index (κ2) is 9.84. The SMILES string of the molecule is COCCCN1CCC(C(=O)NNC(=O)c2cccc3cn(C(C)C)nc23)CC1. The first-order valence-electron chi connectivity index (χ1n) is 10.3. The summed E-state index contributed by atoms with van der Waals surface area (Å²) in [6.07, 6.45) is 4.52. The number of piperidine rings is 1. The van der Waals surface area contributed by atoms with Gasteiger partial charge in [0.15, 0.2) is 0 Å². The summed E-state index contributed by atoms with van der Waals surface area (Å²) in [7, 11) is 1.71. The number of ether oxygens (including phenoxy) is 1. The summed E-state index contributed by atoms with van der Waals surface area (Å²) in [4.78, 5) is 27.5. The molecule has 1 aliphatic heterocycles. The molecule has 0 aliphatic carbocycles. The van der Waals surface area contributed by atoms with Gasteiger partial charge in [-0.3, -0.25) is 25.1 Å². The number of amides is 2. The predicted molar refractivity (Wildman–Crippen MR) is 111 cm³/mol. The topological polar surface area (TPSA) is 88.5 Å². The van der Waals surface area contributed by atoms with E-state index >= 15 is 0 Å². The molecule has 8 nitrogen and oxygen atoms in total. The molecule has 0 spiro atoms. The smallest absolute Gasteiger partial charge is 0.271 e. The number of hydrogen-bond donors (Lipinski definition) is 2. The number of hydrogen-bond acceptors (Lipinski definition) is 5. The average Bonchev–Trinajstić information content (AvgIpc) is 3.17. The normalized spacial score (nSPS) is 15.7. The van der Waals surface area contributed by atoms with Crippen LogP contribution in [0.4, 0.5) is 0 Å². The van der Waals surface area contributed by atoms with Gasteiger partial charge >= 0.3 is 0 Å². The molecule has 2 heterocycles. The van der Waals surface area contributed by atoms with Crippen molar-refractivity contribution < 1.29 is 14.3 Å². The summed E-state index contributed by atoms with van der Waals surface area (Å²) in [5.74, 6) is -0.561. The van der Waals surface area contributed by atoms with Crippen molar-refractivity contribution in [3.8, 4) is 0 Å². The lowest BCUT2D eigenvalue weighted by Gasteiger charge is -2.31. The minimum atomic E-state index is -0.352. The fraction of sp³-hybridized carbons (Fsp3) is 0.571. The largest absolute Gasteiger partial charge is 0.385 e. The summed E-state index contributed by atoms with van der Waals surface area (Å²) in [6, 6.07) is 5.68. The van der Waals surface area contributed by atoms with E-state index in [2.05, 4.69) is 20.9 Å². The highest BCUT2D eigenvalue weighted by Crippen LogP contribution is 2.20. The molecule has 1 aliphatic rings. The maximum atomic E-state index is 12.6. The van der Waals surface area contributed by atoms with Crippen molar-refractivity contribution in [3.05, 3.63) is 30.0 Å². The van der Waals surface area contributed by atoms with Gasteiger partial charge in [0.25, 0.3) is 5.91 Å². The minimum Gasteiger partial charge on any atom is -0.385 e. The fourth-order valence-electron chi connectivity index (χ4n) is 3.65. The summed E-state index contributed by atoms with van der Waals surface area (Å²) >= 11 is 0. The molecule has 158 valence electrons. The van der Waals surface area contributed by atoms with Crippen LogP contribution in [0.1, 0.15) is 49.5 Å². The Labute approximate surface area is 171 Å². The summed E-state index contributed by atoms with van der Waals surface area (Å²) in [5, 5.41) is 5.42. The van der Waals surface area contributed by atoms with Gasteiger partial charge in [0.05, 0.1) is 5.56 Å². The van der Waals surface area contributed by atoms with Crippen LogP contribution in [0.5, 0.6) is 0 Å². The average molecular weight is 402 g/mol. The number of fused-ring (bicyclic) bond motifs is 1. The fourth-order valence-corrected chi connectivity index (χ4v) is 3.65. The van der Waals surface area contributed by atoms with Crippen LogP contribution in [0.3, 0.4) is 0 Å². The highest BCUT2D eigenvalue weighted by Gasteiger charge is 2.25. The number of benzene rings is 1. The van der Waals surface area contributed by atoms with Crippen LogP contribution < -0.4 is 10.9 Å². The first-order chi connectivity index (χ1) is 14.0. The Balaban J connectivity index is 1.52. The third-order valence-electron chi connectivity index (χ3n) is 5.41. The van der Waals surface area contributed by atoms with E-state index in [0.29, 0.717) is 11.1 Å². The molecular formula is C21H31N5O3. The summed E-state index contributed by atoms with van der Waals surface area (Å²) in [6.45, 7) is 7.60. The van der Waals surface area contributed by atoms with Gasteiger partial charge in [-0.05, 0) is 52.3 Å². The van der Waals surface area contributed by atoms with Crippen molar-refractivity contribution in [1.29, 1.82) is 0 Å². The van der Waals surface area contributed by atoms with Crippen LogP contribution in [-0.2, 0) is 9.53 Å². The van der Waals surface area contributed by atoms with E-state index in [4.69, 9.17) is 4.74 Å². The van der Waals surface area contributed by atoms with Gasteiger partial charge in [0, 0.05) is 43.8 Å². The monoisotopic (exact) mass is 401 g/mol. The third-order valence-corrected chi connectivity index (χ3v) is 5.41. The van der Waals surface area contributed by atoms with Crippen molar-refractivity contribution >= 4 is 22.7 Å². The number of methoxy groups -OCH3 is 1. The molecule has 0 atom stereocenters. The Morgan fingerprint density at radius 2 is 2.00 bits per heavy atom. The number of hydrazine groups is 1. The zero-order valence-electron chi connectivity index (χ0n) is 17.5. The van der Waals surface area contributed by atoms with E-state index in [9.17, 15) is 9.59 Å². The second-order valence-corrected chi connectivity index (χ2v) is 7.85. The Morgan fingerprint density at radius 1 is 1.24 bits per heavy atom. The van der Waals surface area contributed by atoms with Crippen molar-refractivity contribution in [2.24, 2.45) is 5.92 Å². The molecule has 29 heavy (non-hydrogen) atoms. The Hall–Kier alpha value is -2.45. The molecule has 0 radical (unpaired) electrons. The molecule has 0 bridgehead atoms. The van der Waals surface area contributed by atoms with Gasteiger partial charge in [0.1, 0.15) is 5.52 Å². The molecule has 2 aromatic rings. The zero-order chi connectivity index (χ0) is 20.8. The lowest BCUT2D eigenvalue weighted by atomic mass is 9.96. The number of rotatable bonds is 7. The van der Waals surface area contributed by atoms with E-state index in [-0.39, 0.29) is 23.8 Å². The van der Waals surface area contributed by atoms with E-state index in [1.54, 1.807) is 13.2 Å². The van der Waals surface area contributed by atoms with Crippen LogP contribution in [0.15, 0.2) is 24.4 Å². The van der Waals surface area contributed by atoms with E-state index in [1.807, 2.05) is 36.9 Å². The highest BCUT2D eigenvalue weighted by atomic mass is 16.5. The van der Waals surface area contributed by atoms with Crippen LogP contribution in [-0.4, -0.2) is 59.8 Å². The lowest BCUT2D eigenvalue weighted by molar-refractivity contribution is -0.127. The van der Waals surface area contributed by atoms with Gasteiger partial charge in [-0.1, -0.05) is 12.1 Å². The van der Waals surface area contributed by atoms with Gasteiger partial charge in [-0.2, -0.15) is 5.10 Å². The first kappa shape index (κ1) is 21.3. The van der Waals surface area contributed by atoms with Crippen molar-refractivity contribution in [1.82, 2.24) is 25.5 Å². The predicted octanol–water partition coefficient (Wildman–Crippen LogP) is 2.13. The number of carbonyl (C=O) groups excluding carboxylic acids is 2. The molecule has 0 saturated carbocycles. The number of nitrogens with zero attached hydrogens (tertiary/aromatic N) is 3. The first-order valence-corrected chi connectivity index (χ1v) is 10.3. The quantitative estimate of drug-likeness (QED) is 0.548. The Kier molecular flexibility index (Phi) is 7.22. The molecule has 3 rings (SSSR count). The molecule has 2 amide bonds. The number of nitrogens with one attached hydrogen (secondary N) is 2. The summed E-state index contributed by atoms with van der Waals surface area (Å²) in [5.41, 5.74) is 6.25. The van der Waals surface area contributed by atoms with Gasteiger partial charge in [-0.25, -0.2) is 0 Å². The third kappa shape index (κ3) is 5.33. The maximum Gasteiger partial charge on any atom is 0.271 e. The number of likely N-dealkylation sites (tertiary alicyclic amines) is 1. The summed E-state index contributed by atoms with van der Waals surface area (Å²) < 4.78 is 6.92. The highest BCUT2D eigenvalue weighted by molar-refractivity contribution is 6.05. The van der Waals surface area contributed by atoms with Crippen molar-refractivity contribution in [3.63, 3.8) is 0 Å². The van der Waals surface area contributed by atoms with Crippen LogP contribution in [0.25, 0.3) is 10.9 Å². The maximum absolute atomic E-state index is 12.6. The van der Waals surface area contributed by atoms with Crippen LogP contribution >= 0.6 is 0 Å². The molecule has 1 fully saturated rings. The Morgan fingerprint density at radius 3 is 2.69 bits per heavy atom. The molecule has 1 aromatic carbocycles. The molecular weight excluding hydrogens is 370 g/mol. The van der Waals surface area contributed by atoms with Crippen LogP contribution in [0, 0.1) is 5.92 Å². The van der Waals surface area contributed by atoms with Crippen LogP contribution in [0.2, 0.25) is 0 Å². The number of carbonyl (C=O) groups is 2. The minimum absolute atomic E-state index is 0.0788. The van der Waals surface area contributed by atoms with Gasteiger partial charge in [0.2, 0.25) is 5.91 Å². The zero-order valence-corrected chi connectivity index (χ0v) is 17.5. The lowest BCUT2D eigenvalue weighted by Crippen LogP contribution is -2.47. The Bertz CT molecular complexity index is 840. The van der Waals surface area contributed by atoms with E-state index < -0.39 is 0 Å². The molecule has 1 saturated heterocycles. The standard InChI is InChI=1S/C21H31N5O3/c1-15(2)26-14-17-6-4-7-18(19(17)24-26)21(28)23-22-20(27)16-8-11-25(12-9-16)10-5-13-29-3/h4,6-7,14-16H,5,8-13H2,1-3H3,(H,22,27)(H,23,28). The van der Waals surface area contributed by atoms with Crippen molar-refractivity contribution in [2.45, 2.75) is 39.2 Å². The molecule has 2 N–H and O–H groups in total. The molecule has 0 unspecified atom stereocenters. The van der Waals surface area contributed by atoms with Gasteiger partial charge in [-0.15, -0.1) is 0 Å². The van der Waals surface area contributed by atoms with E-state index in [0.717, 1.165) is 50.9 Å². The number of aromatic nitrogens is 2. The molecule has 1 aromatic heterocycles. The van der Waals surface area contributed by atoms with Crippen molar-refractivity contribution in [2.75, 3.05) is 33.4 Å². The molecule has 8 heteroatoms.